The summed E-state index contributed by atoms with van der Waals surface area (Å²) in [6, 6.07) is 11.0. The fourth-order valence-electron chi connectivity index (χ4n) is 2.60. The number of alkyl halides is 5. The van der Waals surface area contributed by atoms with Gasteiger partial charge in [-0.25, -0.2) is 4.98 Å². The van der Waals surface area contributed by atoms with E-state index in [-0.39, 0.29) is 22.2 Å². The first-order valence-corrected chi connectivity index (χ1v) is 10.6. The van der Waals surface area contributed by atoms with Crippen molar-refractivity contribution < 1.29 is 31.5 Å². The highest BCUT2D eigenvalue weighted by Gasteiger charge is 2.36. The monoisotopic (exact) mass is 485 g/mol. The molecule has 0 radical (unpaired) electrons. The van der Waals surface area contributed by atoms with Crippen molar-refractivity contribution >= 4 is 34.7 Å². The Hall–Kier alpha value is -3.17. The molecule has 5 nitrogen and oxygen atoms in total. The lowest BCUT2D eigenvalue weighted by Crippen LogP contribution is -2.16. The van der Waals surface area contributed by atoms with Crippen LogP contribution in [0.1, 0.15) is 11.1 Å². The number of halogens is 5. The summed E-state index contributed by atoms with van der Waals surface area (Å²) < 4.78 is 69.9. The molecule has 0 saturated carbocycles. The highest BCUT2D eigenvalue weighted by atomic mass is 32.2. The second-order valence-electron chi connectivity index (χ2n) is 6.03. The van der Waals surface area contributed by atoms with Gasteiger partial charge < -0.3 is 10.1 Å². The number of pyridine rings is 1. The fourth-order valence-corrected chi connectivity index (χ4v) is 4.09. The van der Waals surface area contributed by atoms with Gasteiger partial charge in [-0.1, -0.05) is 30.0 Å². The van der Waals surface area contributed by atoms with E-state index >= 15 is 0 Å². The van der Waals surface area contributed by atoms with E-state index in [1.54, 1.807) is 17.5 Å². The van der Waals surface area contributed by atoms with Crippen molar-refractivity contribution in [3.8, 4) is 22.4 Å². The third kappa shape index (κ3) is 5.74. The molecular formula is C20H12F5N3O2S2. The van der Waals surface area contributed by atoms with Gasteiger partial charge >= 0.3 is 12.8 Å². The molecule has 2 heterocycles. The molecular weight excluding hydrogens is 473 g/mol. The molecule has 0 aliphatic carbocycles. The SMILES string of the molecule is N#Cc1c(C(F)(F)F)cc(-c2cccs2)nc1SCC(=O)Nc1ccccc1OC(F)F. The topological polar surface area (TPSA) is 75.0 Å². The molecule has 3 aromatic rings. The van der Waals surface area contributed by atoms with Gasteiger partial charge in [0.05, 0.1) is 33.1 Å². The Bertz CT molecular complexity index is 1150. The van der Waals surface area contributed by atoms with Gasteiger partial charge in [-0.05, 0) is 29.6 Å². The van der Waals surface area contributed by atoms with E-state index in [0.29, 0.717) is 16.6 Å². The Labute approximate surface area is 186 Å². The zero-order chi connectivity index (χ0) is 23.3. The van der Waals surface area contributed by atoms with Crippen LogP contribution < -0.4 is 10.1 Å². The molecule has 12 heteroatoms. The van der Waals surface area contributed by atoms with Crippen LogP contribution in [0.3, 0.4) is 0 Å². The van der Waals surface area contributed by atoms with Gasteiger partial charge in [0.1, 0.15) is 16.8 Å². The molecule has 1 amide bonds. The van der Waals surface area contributed by atoms with E-state index < -0.39 is 35.6 Å². The van der Waals surface area contributed by atoms with Crippen molar-refractivity contribution in [1.29, 1.82) is 5.26 Å². The first-order chi connectivity index (χ1) is 15.2. The molecule has 2 aromatic heterocycles. The van der Waals surface area contributed by atoms with E-state index in [0.717, 1.165) is 6.07 Å². The summed E-state index contributed by atoms with van der Waals surface area (Å²) in [7, 11) is 0. The zero-order valence-electron chi connectivity index (χ0n) is 15.8. The quantitative estimate of drug-likeness (QED) is 0.327. The number of anilines is 1. The van der Waals surface area contributed by atoms with Gasteiger partial charge in [0.15, 0.2) is 0 Å². The summed E-state index contributed by atoms with van der Waals surface area (Å²) in [5.41, 5.74) is -1.87. The van der Waals surface area contributed by atoms with Crippen LogP contribution in [-0.4, -0.2) is 23.3 Å². The number of benzene rings is 1. The molecule has 0 aliphatic rings. The Balaban J connectivity index is 1.85. The number of nitriles is 1. The van der Waals surface area contributed by atoms with Crippen LogP contribution in [0.2, 0.25) is 0 Å². The lowest BCUT2D eigenvalue weighted by Gasteiger charge is -2.14. The predicted molar refractivity (Wildman–Crippen MR) is 110 cm³/mol. The van der Waals surface area contributed by atoms with Crippen molar-refractivity contribution in [2.45, 2.75) is 17.8 Å². The molecule has 0 fully saturated rings. The molecule has 3 rings (SSSR count). The number of rotatable bonds is 7. The van der Waals surface area contributed by atoms with E-state index in [2.05, 4.69) is 15.0 Å². The number of thiophene rings is 1. The molecule has 0 spiro atoms. The average molecular weight is 485 g/mol. The minimum absolute atomic E-state index is 0.0184. The predicted octanol–water partition coefficient (Wildman–Crippen LogP) is 6.03. The van der Waals surface area contributed by atoms with Crippen LogP contribution in [0.25, 0.3) is 10.6 Å². The minimum Gasteiger partial charge on any atom is -0.433 e. The average Bonchev–Trinajstić information content (AvgIpc) is 3.27. The summed E-state index contributed by atoms with van der Waals surface area (Å²) in [4.78, 5) is 16.9. The van der Waals surface area contributed by atoms with Gasteiger partial charge in [-0.3, -0.25) is 4.79 Å². The third-order valence-corrected chi connectivity index (χ3v) is 5.76. The van der Waals surface area contributed by atoms with Gasteiger partial charge in [-0.15, -0.1) is 11.3 Å². The van der Waals surface area contributed by atoms with Crippen LogP contribution in [0, 0.1) is 11.3 Å². The standard InChI is InChI=1S/C20H12F5N3O2S2/c21-19(22)30-15-5-2-1-4-13(15)27-17(29)10-32-18-11(9-26)12(20(23,24)25)8-14(28-18)16-6-3-7-31-16/h1-8,19H,10H2,(H,27,29). The van der Waals surface area contributed by atoms with Crippen molar-refractivity contribution in [3.63, 3.8) is 0 Å². The van der Waals surface area contributed by atoms with Crippen LogP contribution >= 0.6 is 23.1 Å². The number of aromatic nitrogens is 1. The summed E-state index contributed by atoms with van der Waals surface area (Å²) in [6.45, 7) is -3.11. The number of para-hydroxylation sites is 2. The first-order valence-electron chi connectivity index (χ1n) is 8.71. The van der Waals surface area contributed by atoms with E-state index in [1.807, 2.05) is 0 Å². The van der Waals surface area contributed by atoms with Gasteiger partial charge in [0, 0.05) is 0 Å². The van der Waals surface area contributed by atoms with E-state index in [4.69, 9.17) is 0 Å². The lowest BCUT2D eigenvalue weighted by molar-refractivity contribution is -0.138. The molecule has 1 aromatic carbocycles. The molecule has 0 unspecified atom stereocenters. The van der Waals surface area contributed by atoms with Crippen molar-refractivity contribution in [1.82, 2.24) is 4.98 Å². The highest BCUT2D eigenvalue weighted by molar-refractivity contribution is 8.00. The van der Waals surface area contributed by atoms with E-state index in [1.165, 1.54) is 41.7 Å². The van der Waals surface area contributed by atoms with Gasteiger partial charge in [0.2, 0.25) is 5.91 Å². The number of hydrogen-bond donors (Lipinski definition) is 1. The van der Waals surface area contributed by atoms with Crippen molar-refractivity contribution in [2.24, 2.45) is 0 Å². The Kier molecular flexibility index (Phi) is 7.32. The molecule has 1 N–H and O–H groups in total. The van der Waals surface area contributed by atoms with Crippen molar-refractivity contribution in [2.75, 3.05) is 11.1 Å². The van der Waals surface area contributed by atoms with Gasteiger partial charge in [-0.2, -0.15) is 27.2 Å². The number of nitrogens with zero attached hydrogens (tertiary/aromatic N) is 2. The lowest BCUT2D eigenvalue weighted by atomic mass is 10.1. The maximum atomic E-state index is 13.5. The number of nitrogens with one attached hydrogen (secondary N) is 1. The molecule has 32 heavy (non-hydrogen) atoms. The van der Waals surface area contributed by atoms with E-state index in [9.17, 15) is 32.0 Å². The number of ether oxygens (including phenoxy) is 1. The summed E-state index contributed by atoms with van der Waals surface area (Å²) >= 11 is 1.80. The second kappa shape index (κ2) is 9.97. The Morgan fingerprint density at radius 3 is 2.62 bits per heavy atom. The third-order valence-electron chi connectivity index (χ3n) is 3.89. The number of carbonyl (C=O) groups excluding carboxylic acids is 1. The molecule has 0 aliphatic heterocycles. The van der Waals surface area contributed by atoms with Crippen LogP contribution in [0.15, 0.2) is 52.9 Å². The number of amides is 1. The number of carbonyl (C=O) groups is 1. The summed E-state index contributed by atoms with van der Waals surface area (Å²) in [6.07, 6.45) is -4.80. The molecule has 166 valence electrons. The number of thioether (sulfide) groups is 1. The second-order valence-corrected chi connectivity index (χ2v) is 7.95. The highest BCUT2D eigenvalue weighted by Crippen LogP contribution is 2.38. The van der Waals surface area contributed by atoms with Crippen LogP contribution in [0.5, 0.6) is 5.75 Å². The van der Waals surface area contributed by atoms with Gasteiger partial charge in [0.25, 0.3) is 0 Å². The Morgan fingerprint density at radius 2 is 2.00 bits per heavy atom. The fraction of sp³-hybridized carbons (Fsp3) is 0.150. The normalized spacial score (nSPS) is 11.3. The smallest absolute Gasteiger partial charge is 0.417 e. The summed E-state index contributed by atoms with van der Waals surface area (Å²) in [5, 5.41) is 13.1. The largest absolute Gasteiger partial charge is 0.433 e. The molecule has 0 bridgehead atoms. The maximum absolute atomic E-state index is 13.5. The summed E-state index contributed by atoms with van der Waals surface area (Å²) in [5.74, 6) is -1.40. The molecule has 0 saturated heterocycles. The molecule has 0 atom stereocenters. The first kappa shape index (κ1) is 23.5. The maximum Gasteiger partial charge on any atom is 0.417 e. The minimum atomic E-state index is -4.80. The Morgan fingerprint density at radius 1 is 1.25 bits per heavy atom. The number of hydrogen-bond acceptors (Lipinski definition) is 6. The van der Waals surface area contributed by atoms with Crippen molar-refractivity contribution in [3.05, 3.63) is 59.0 Å². The zero-order valence-corrected chi connectivity index (χ0v) is 17.5. The van der Waals surface area contributed by atoms with Crippen LogP contribution in [-0.2, 0) is 11.0 Å². The van der Waals surface area contributed by atoms with Crippen LogP contribution in [0.4, 0.5) is 27.6 Å².